The van der Waals surface area contributed by atoms with Gasteiger partial charge >= 0.3 is 12.0 Å². The number of benzene rings is 1. The average Bonchev–Trinajstić information content (AvgIpc) is 3.06. The molecule has 9 nitrogen and oxygen atoms in total. The average molecular weight is 333 g/mol. The summed E-state index contributed by atoms with van der Waals surface area (Å²) in [7, 11) is 3.12. The van der Waals surface area contributed by atoms with Crippen molar-refractivity contribution in [2.45, 2.75) is 13.0 Å². The zero-order chi connectivity index (χ0) is 17.5. The molecule has 0 unspecified atom stereocenters. The largest absolute Gasteiger partial charge is 0.497 e. The summed E-state index contributed by atoms with van der Waals surface area (Å²) in [5.41, 5.74) is 0.822. The van der Waals surface area contributed by atoms with Crippen molar-refractivity contribution in [3.05, 3.63) is 30.1 Å². The second-order valence-electron chi connectivity index (χ2n) is 5.06. The lowest BCUT2D eigenvalue weighted by Gasteiger charge is -2.16. The molecule has 24 heavy (non-hydrogen) atoms. The minimum atomic E-state index is -0.950. The van der Waals surface area contributed by atoms with Gasteiger partial charge in [-0.15, -0.1) is 0 Å². The summed E-state index contributed by atoms with van der Waals surface area (Å²) in [5.74, 6) is 0.808. The van der Waals surface area contributed by atoms with Crippen molar-refractivity contribution in [3.8, 4) is 17.1 Å². The molecule has 3 N–H and O–H groups in total. The molecule has 2 amide bonds. The lowest BCUT2D eigenvalue weighted by atomic mass is 10.2. The third kappa shape index (κ3) is 4.70. The predicted octanol–water partition coefficient (Wildman–Crippen LogP) is 1.10. The Kier molecular flexibility index (Phi) is 5.72. The van der Waals surface area contributed by atoms with Crippen LogP contribution >= 0.6 is 0 Å². The van der Waals surface area contributed by atoms with Crippen LogP contribution in [0, 0.1) is 0 Å². The summed E-state index contributed by atoms with van der Waals surface area (Å²) in [5, 5.41) is 18.1. The van der Waals surface area contributed by atoms with Crippen molar-refractivity contribution in [1.29, 1.82) is 0 Å². The van der Waals surface area contributed by atoms with Crippen LogP contribution in [0.25, 0.3) is 11.4 Å². The Morgan fingerprint density at radius 2 is 2.04 bits per heavy atom. The molecule has 0 bridgehead atoms. The van der Waals surface area contributed by atoms with Crippen LogP contribution in [0.5, 0.6) is 5.75 Å². The number of aromatic nitrogens is 3. The fraction of sp³-hybridized carbons (Fsp3) is 0.333. The summed E-state index contributed by atoms with van der Waals surface area (Å²) >= 11 is 0. The van der Waals surface area contributed by atoms with Crippen LogP contribution in [0.2, 0.25) is 0 Å². The third-order valence-corrected chi connectivity index (χ3v) is 3.29. The summed E-state index contributed by atoms with van der Waals surface area (Å²) in [6.07, 6.45) is -0.103. The molecule has 128 valence electrons. The molecule has 1 aromatic carbocycles. The molecule has 0 aliphatic rings. The smallest absolute Gasteiger partial charge is 0.317 e. The molecule has 1 heterocycles. The number of methoxy groups -OCH3 is 1. The maximum atomic E-state index is 11.8. The number of nitrogens with one attached hydrogen (secondary N) is 2. The van der Waals surface area contributed by atoms with Gasteiger partial charge in [0.25, 0.3) is 0 Å². The first-order chi connectivity index (χ1) is 11.5. The Morgan fingerprint density at radius 1 is 1.33 bits per heavy atom. The molecule has 0 aliphatic heterocycles. The molecule has 0 atom stereocenters. The maximum absolute atomic E-state index is 11.8. The van der Waals surface area contributed by atoms with Gasteiger partial charge in [0.05, 0.1) is 20.1 Å². The first kappa shape index (κ1) is 17.3. The molecule has 0 spiro atoms. The van der Waals surface area contributed by atoms with E-state index in [4.69, 9.17) is 9.84 Å². The molecule has 0 saturated heterocycles. The molecular formula is C15H19N5O4. The summed E-state index contributed by atoms with van der Waals surface area (Å²) < 4.78 is 5.09. The summed E-state index contributed by atoms with van der Waals surface area (Å²) in [6, 6.07) is 6.92. The number of amides is 2. The monoisotopic (exact) mass is 333 g/mol. The Labute approximate surface area is 138 Å². The van der Waals surface area contributed by atoms with Gasteiger partial charge in [0.15, 0.2) is 5.82 Å². The second kappa shape index (κ2) is 7.95. The zero-order valence-corrected chi connectivity index (χ0v) is 13.4. The van der Waals surface area contributed by atoms with E-state index in [0.717, 1.165) is 11.3 Å². The normalized spacial score (nSPS) is 10.2. The molecule has 1 aromatic heterocycles. The van der Waals surface area contributed by atoms with E-state index in [1.807, 2.05) is 24.3 Å². The molecule has 0 aliphatic carbocycles. The van der Waals surface area contributed by atoms with Gasteiger partial charge < -0.3 is 20.1 Å². The van der Waals surface area contributed by atoms with Gasteiger partial charge in [-0.25, -0.2) is 9.78 Å². The van der Waals surface area contributed by atoms with E-state index in [0.29, 0.717) is 11.6 Å². The Bertz CT molecular complexity index is 698. The van der Waals surface area contributed by atoms with Gasteiger partial charge in [0.2, 0.25) is 0 Å². The van der Waals surface area contributed by atoms with Gasteiger partial charge in [-0.3, -0.25) is 9.89 Å². The molecule has 0 saturated carbocycles. The SMILES string of the molecule is COc1ccc(-c2n[nH]c(CNC(=O)N(C)CCC(=O)O)n2)cc1. The van der Waals surface area contributed by atoms with Crippen LogP contribution in [0.15, 0.2) is 24.3 Å². The number of rotatable bonds is 7. The van der Waals surface area contributed by atoms with Crippen molar-refractivity contribution >= 4 is 12.0 Å². The highest BCUT2D eigenvalue weighted by Crippen LogP contribution is 2.18. The van der Waals surface area contributed by atoms with Gasteiger partial charge in [-0.05, 0) is 24.3 Å². The topological polar surface area (TPSA) is 120 Å². The number of carbonyl (C=O) groups is 2. The van der Waals surface area contributed by atoms with Gasteiger partial charge in [0.1, 0.15) is 11.6 Å². The number of carbonyl (C=O) groups excluding carboxylic acids is 1. The van der Waals surface area contributed by atoms with Crippen LogP contribution in [0.3, 0.4) is 0 Å². The van der Waals surface area contributed by atoms with Gasteiger partial charge in [0, 0.05) is 19.2 Å². The molecule has 9 heteroatoms. The lowest BCUT2D eigenvalue weighted by molar-refractivity contribution is -0.137. The van der Waals surface area contributed by atoms with Crippen molar-refractivity contribution in [2.24, 2.45) is 0 Å². The molecule has 2 aromatic rings. The molecular weight excluding hydrogens is 314 g/mol. The fourth-order valence-corrected chi connectivity index (χ4v) is 1.90. The number of ether oxygens (including phenoxy) is 1. The fourth-order valence-electron chi connectivity index (χ4n) is 1.90. The second-order valence-corrected chi connectivity index (χ2v) is 5.06. The van der Waals surface area contributed by atoms with Crippen LogP contribution < -0.4 is 10.1 Å². The summed E-state index contributed by atoms with van der Waals surface area (Å²) in [4.78, 5) is 27.9. The molecule has 0 radical (unpaired) electrons. The van der Waals surface area contributed by atoms with Crippen LogP contribution in [0.4, 0.5) is 4.79 Å². The van der Waals surface area contributed by atoms with Crippen molar-refractivity contribution in [3.63, 3.8) is 0 Å². The number of urea groups is 1. The third-order valence-electron chi connectivity index (χ3n) is 3.29. The zero-order valence-electron chi connectivity index (χ0n) is 13.4. The van der Waals surface area contributed by atoms with Gasteiger partial charge in [-0.1, -0.05) is 0 Å². The minimum Gasteiger partial charge on any atom is -0.497 e. The predicted molar refractivity (Wildman–Crippen MR) is 85.5 cm³/mol. The van der Waals surface area contributed by atoms with E-state index in [-0.39, 0.29) is 25.5 Å². The Hall–Kier alpha value is -3.10. The number of carboxylic acid groups (broad SMARTS) is 1. The van der Waals surface area contributed by atoms with Crippen LogP contribution in [0.1, 0.15) is 12.2 Å². The van der Waals surface area contributed by atoms with E-state index < -0.39 is 5.97 Å². The standard InChI is InChI=1S/C15H19N5O4/c1-20(8-7-13(21)22)15(23)16-9-12-17-14(19-18-12)10-3-5-11(24-2)6-4-10/h3-6H,7-9H2,1-2H3,(H,16,23)(H,21,22)(H,17,18,19). The van der Waals surface area contributed by atoms with E-state index in [1.165, 1.54) is 11.9 Å². The van der Waals surface area contributed by atoms with E-state index in [1.54, 1.807) is 7.11 Å². The lowest BCUT2D eigenvalue weighted by Crippen LogP contribution is -2.38. The van der Waals surface area contributed by atoms with Crippen molar-refractivity contribution < 1.29 is 19.4 Å². The molecule has 2 rings (SSSR count). The number of nitrogens with zero attached hydrogens (tertiary/aromatic N) is 3. The maximum Gasteiger partial charge on any atom is 0.317 e. The number of aromatic amines is 1. The Morgan fingerprint density at radius 3 is 2.67 bits per heavy atom. The number of H-pyrrole nitrogens is 1. The number of hydrogen-bond acceptors (Lipinski definition) is 5. The highest BCUT2D eigenvalue weighted by Gasteiger charge is 2.11. The first-order valence-corrected chi connectivity index (χ1v) is 7.26. The number of carboxylic acids is 1. The number of aliphatic carboxylic acids is 1. The van der Waals surface area contributed by atoms with E-state index in [2.05, 4.69) is 20.5 Å². The van der Waals surface area contributed by atoms with E-state index in [9.17, 15) is 9.59 Å². The summed E-state index contributed by atoms with van der Waals surface area (Å²) in [6.45, 7) is 0.300. The Balaban J connectivity index is 1.89. The van der Waals surface area contributed by atoms with Crippen LogP contribution in [-0.2, 0) is 11.3 Å². The quantitative estimate of drug-likeness (QED) is 0.698. The van der Waals surface area contributed by atoms with Crippen molar-refractivity contribution in [1.82, 2.24) is 25.4 Å². The number of hydrogen-bond donors (Lipinski definition) is 3. The first-order valence-electron chi connectivity index (χ1n) is 7.26. The van der Waals surface area contributed by atoms with Crippen molar-refractivity contribution in [2.75, 3.05) is 20.7 Å². The van der Waals surface area contributed by atoms with E-state index >= 15 is 0 Å². The highest BCUT2D eigenvalue weighted by molar-refractivity contribution is 5.74. The van der Waals surface area contributed by atoms with Gasteiger partial charge in [-0.2, -0.15) is 5.10 Å². The molecule has 0 fully saturated rings. The highest BCUT2D eigenvalue weighted by atomic mass is 16.5. The van der Waals surface area contributed by atoms with Crippen LogP contribution in [-0.4, -0.2) is 57.9 Å². The minimum absolute atomic E-state index is 0.103.